The Morgan fingerprint density at radius 3 is 2.37 bits per heavy atom. The van der Waals surface area contributed by atoms with E-state index in [0.717, 1.165) is 25.2 Å². The summed E-state index contributed by atoms with van der Waals surface area (Å²) in [5.74, 6) is -1.68. The summed E-state index contributed by atoms with van der Waals surface area (Å²) in [6.07, 6.45) is 3.48. The zero-order chi connectivity index (χ0) is 29.3. The zero-order valence-corrected chi connectivity index (χ0v) is 24.3. The topological polar surface area (TPSA) is 87.0 Å². The van der Waals surface area contributed by atoms with Gasteiger partial charge >= 0.3 is 0 Å². The molecule has 2 fully saturated rings. The Kier molecular flexibility index (Phi) is 8.28. The van der Waals surface area contributed by atoms with Gasteiger partial charge in [-0.1, -0.05) is 17.3 Å². The third-order valence-electron chi connectivity index (χ3n) is 8.12. The van der Waals surface area contributed by atoms with Crippen LogP contribution in [-0.2, 0) is 14.8 Å². The SMILES string of the molecule is Cc1cccc(N2CCN(C(=O)C3CCN(S(=O)(=O)c4c(C)noc4/C=C/c4ccc(F)cc4F)CC3)CC2)c1C. The van der Waals surface area contributed by atoms with Crippen LogP contribution >= 0.6 is 0 Å². The molecular weight excluding hydrogens is 550 g/mol. The molecule has 2 saturated heterocycles. The molecule has 0 N–H and O–H groups in total. The molecule has 0 atom stereocenters. The van der Waals surface area contributed by atoms with E-state index < -0.39 is 21.7 Å². The minimum atomic E-state index is -3.98. The van der Waals surface area contributed by atoms with Crippen LogP contribution in [0.4, 0.5) is 14.5 Å². The van der Waals surface area contributed by atoms with Crippen LogP contribution in [0.5, 0.6) is 0 Å². The average molecular weight is 585 g/mol. The van der Waals surface area contributed by atoms with Crippen molar-refractivity contribution in [1.82, 2.24) is 14.4 Å². The largest absolute Gasteiger partial charge is 0.368 e. The van der Waals surface area contributed by atoms with Gasteiger partial charge in [0.2, 0.25) is 15.9 Å². The first-order valence-corrected chi connectivity index (χ1v) is 15.2. The lowest BCUT2D eigenvalue weighted by Gasteiger charge is -2.39. The van der Waals surface area contributed by atoms with Gasteiger partial charge in [0, 0.05) is 62.5 Å². The van der Waals surface area contributed by atoms with Gasteiger partial charge in [-0.3, -0.25) is 4.79 Å². The molecule has 8 nitrogen and oxygen atoms in total. The predicted octanol–water partition coefficient (Wildman–Crippen LogP) is 4.80. The normalized spacial score (nSPS) is 17.5. The van der Waals surface area contributed by atoms with Crippen LogP contribution in [0.15, 0.2) is 45.8 Å². The van der Waals surface area contributed by atoms with E-state index in [4.69, 9.17) is 4.52 Å². The first kappa shape index (κ1) is 28.9. The number of nitrogens with zero attached hydrogens (tertiary/aromatic N) is 4. The molecule has 0 bridgehead atoms. The Bertz CT molecular complexity index is 1570. The molecule has 218 valence electrons. The van der Waals surface area contributed by atoms with Crippen LogP contribution in [0, 0.1) is 38.3 Å². The molecule has 3 aromatic rings. The van der Waals surface area contributed by atoms with E-state index in [1.807, 2.05) is 4.90 Å². The second-order valence-corrected chi connectivity index (χ2v) is 12.5. The predicted molar refractivity (Wildman–Crippen MR) is 153 cm³/mol. The molecule has 3 heterocycles. The molecule has 1 aromatic heterocycles. The van der Waals surface area contributed by atoms with E-state index in [0.29, 0.717) is 25.9 Å². The number of anilines is 1. The van der Waals surface area contributed by atoms with Crippen LogP contribution < -0.4 is 4.90 Å². The molecule has 5 rings (SSSR count). The van der Waals surface area contributed by atoms with Gasteiger partial charge in [0.15, 0.2) is 10.7 Å². The Morgan fingerprint density at radius 2 is 1.68 bits per heavy atom. The lowest BCUT2D eigenvalue weighted by atomic mass is 9.96. The van der Waals surface area contributed by atoms with E-state index >= 15 is 0 Å². The molecule has 0 unspecified atom stereocenters. The Balaban J connectivity index is 1.21. The van der Waals surface area contributed by atoms with E-state index in [1.165, 1.54) is 46.3 Å². The summed E-state index contributed by atoms with van der Waals surface area (Å²) in [7, 11) is -3.98. The third-order valence-corrected chi connectivity index (χ3v) is 10.2. The van der Waals surface area contributed by atoms with Crippen LogP contribution in [0.1, 0.15) is 41.0 Å². The zero-order valence-electron chi connectivity index (χ0n) is 23.4. The van der Waals surface area contributed by atoms with Crippen LogP contribution in [0.3, 0.4) is 0 Å². The molecule has 0 spiro atoms. The van der Waals surface area contributed by atoms with E-state index in [-0.39, 0.29) is 46.8 Å². The fourth-order valence-electron chi connectivity index (χ4n) is 5.58. The van der Waals surface area contributed by atoms with Gasteiger partial charge < -0.3 is 14.3 Å². The number of hydrogen-bond acceptors (Lipinski definition) is 6. The second kappa shape index (κ2) is 11.7. The van der Waals surface area contributed by atoms with Crippen molar-refractivity contribution in [3.63, 3.8) is 0 Å². The van der Waals surface area contributed by atoms with Crippen LogP contribution in [0.25, 0.3) is 12.2 Å². The number of aromatic nitrogens is 1. The number of rotatable bonds is 6. The minimum Gasteiger partial charge on any atom is -0.368 e. The first-order valence-electron chi connectivity index (χ1n) is 13.8. The highest BCUT2D eigenvalue weighted by Crippen LogP contribution is 2.31. The Morgan fingerprint density at radius 1 is 0.976 bits per heavy atom. The summed E-state index contributed by atoms with van der Waals surface area (Å²) < 4.78 is 61.0. The number of piperidine rings is 1. The minimum absolute atomic E-state index is 0.0360. The van der Waals surface area contributed by atoms with Crippen LogP contribution in [0.2, 0.25) is 0 Å². The average Bonchev–Trinajstić information content (AvgIpc) is 3.34. The Hall–Kier alpha value is -3.57. The summed E-state index contributed by atoms with van der Waals surface area (Å²) in [5.41, 5.74) is 3.97. The van der Waals surface area contributed by atoms with Gasteiger partial charge in [-0.15, -0.1) is 0 Å². The van der Waals surface area contributed by atoms with Crippen molar-refractivity contribution < 1.29 is 26.5 Å². The molecule has 0 radical (unpaired) electrons. The molecule has 2 aromatic carbocycles. The van der Waals surface area contributed by atoms with E-state index in [1.54, 1.807) is 0 Å². The number of carbonyl (C=O) groups is 1. The number of halogens is 2. The molecule has 0 saturated carbocycles. The summed E-state index contributed by atoms with van der Waals surface area (Å²) >= 11 is 0. The highest BCUT2D eigenvalue weighted by atomic mass is 32.2. The van der Waals surface area contributed by atoms with Gasteiger partial charge in [-0.25, -0.2) is 17.2 Å². The van der Waals surface area contributed by atoms with Gasteiger partial charge in [-0.2, -0.15) is 4.31 Å². The molecule has 41 heavy (non-hydrogen) atoms. The number of sulfonamides is 1. The lowest BCUT2D eigenvalue weighted by molar-refractivity contribution is -0.137. The van der Waals surface area contributed by atoms with Gasteiger partial charge in [0.05, 0.1) is 0 Å². The van der Waals surface area contributed by atoms with E-state index in [2.05, 4.69) is 42.1 Å². The number of benzene rings is 2. The standard InChI is InChI=1S/C30H34F2N4O4S/c1-20-5-4-6-27(21(20)2)34-15-17-35(18-16-34)30(37)24-11-13-36(14-12-24)41(38,39)29-22(3)33-40-28(29)10-8-23-7-9-25(31)19-26(23)32/h4-10,19,24H,11-18H2,1-3H3/b10-8+. The molecule has 1 amide bonds. The molecule has 11 heteroatoms. The fraction of sp³-hybridized carbons (Fsp3) is 0.400. The summed E-state index contributed by atoms with van der Waals surface area (Å²) in [6.45, 7) is 8.92. The van der Waals surface area contributed by atoms with E-state index in [9.17, 15) is 22.0 Å². The number of amides is 1. The molecule has 2 aliphatic heterocycles. The smallest absolute Gasteiger partial charge is 0.248 e. The first-order chi connectivity index (χ1) is 19.6. The number of carbonyl (C=O) groups excluding carboxylic acids is 1. The summed E-state index contributed by atoms with van der Waals surface area (Å²) in [6, 6.07) is 9.39. The third kappa shape index (κ3) is 5.92. The van der Waals surface area contributed by atoms with Crippen molar-refractivity contribution in [2.24, 2.45) is 5.92 Å². The monoisotopic (exact) mass is 584 g/mol. The summed E-state index contributed by atoms with van der Waals surface area (Å²) in [4.78, 5) is 17.5. The highest BCUT2D eigenvalue weighted by Gasteiger charge is 2.37. The molecule has 2 aliphatic rings. The maximum atomic E-state index is 14.1. The Labute approximate surface area is 239 Å². The van der Waals surface area contributed by atoms with Crippen molar-refractivity contribution in [2.75, 3.05) is 44.2 Å². The second-order valence-electron chi connectivity index (χ2n) is 10.7. The number of piperazine rings is 1. The van der Waals surface area contributed by atoms with Crippen molar-refractivity contribution in [2.45, 2.75) is 38.5 Å². The van der Waals surface area contributed by atoms with Crippen molar-refractivity contribution in [3.05, 3.63) is 76.2 Å². The van der Waals surface area contributed by atoms with Crippen molar-refractivity contribution >= 4 is 33.8 Å². The molecular formula is C30H34F2N4O4S. The van der Waals surface area contributed by atoms with Gasteiger partial charge in [-0.05, 0) is 75.1 Å². The number of hydrogen-bond donors (Lipinski definition) is 0. The van der Waals surface area contributed by atoms with Crippen LogP contribution in [-0.4, -0.2) is 68.0 Å². The summed E-state index contributed by atoms with van der Waals surface area (Å²) in [5, 5.41) is 3.82. The quantitative estimate of drug-likeness (QED) is 0.414. The van der Waals surface area contributed by atoms with Crippen molar-refractivity contribution in [3.8, 4) is 0 Å². The van der Waals surface area contributed by atoms with Gasteiger partial charge in [0.25, 0.3) is 0 Å². The van der Waals surface area contributed by atoms with Gasteiger partial charge in [0.1, 0.15) is 17.3 Å². The lowest BCUT2D eigenvalue weighted by Crippen LogP contribution is -2.52. The molecule has 0 aliphatic carbocycles. The van der Waals surface area contributed by atoms with Crippen molar-refractivity contribution in [1.29, 1.82) is 0 Å². The number of aryl methyl sites for hydroxylation is 2. The fourth-order valence-corrected chi connectivity index (χ4v) is 7.30. The highest BCUT2D eigenvalue weighted by molar-refractivity contribution is 7.89. The maximum Gasteiger partial charge on any atom is 0.248 e. The maximum absolute atomic E-state index is 14.1.